The fraction of sp³-hybridized carbons (Fsp3) is 0.0435. The zero-order valence-electron chi connectivity index (χ0n) is 16.0. The number of nitrogens with one attached hydrogen (secondary N) is 2. The van der Waals surface area contributed by atoms with Gasteiger partial charge in [-0.1, -0.05) is 0 Å². The van der Waals surface area contributed by atoms with Gasteiger partial charge in [0.25, 0.3) is 0 Å². The second-order valence-electron chi connectivity index (χ2n) is 7.17. The highest BCUT2D eigenvalue weighted by molar-refractivity contribution is 7.15. The Hall–Kier alpha value is -3.84. The van der Waals surface area contributed by atoms with Crippen molar-refractivity contribution in [2.45, 2.75) is 6.92 Å². The van der Waals surface area contributed by atoms with Crippen LogP contribution < -0.4 is 0 Å². The van der Waals surface area contributed by atoms with Crippen molar-refractivity contribution in [2.24, 2.45) is 0 Å². The zero-order valence-corrected chi connectivity index (χ0v) is 16.9. The Morgan fingerprint density at radius 1 is 0.900 bits per heavy atom. The lowest BCUT2D eigenvalue weighted by atomic mass is 10.1. The van der Waals surface area contributed by atoms with Crippen LogP contribution in [0.4, 0.5) is 0 Å². The Balaban J connectivity index is 1.52. The highest BCUT2D eigenvalue weighted by Gasteiger charge is 2.15. The van der Waals surface area contributed by atoms with Gasteiger partial charge >= 0.3 is 0 Å². The summed E-state index contributed by atoms with van der Waals surface area (Å²) in [4.78, 5) is 19.2. The van der Waals surface area contributed by atoms with Gasteiger partial charge in [-0.3, -0.25) is 20.1 Å². The maximum absolute atomic E-state index is 4.57. The van der Waals surface area contributed by atoms with E-state index >= 15 is 0 Å². The molecule has 0 radical (unpaired) electrons. The highest BCUT2D eigenvalue weighted by Crippen LogP contribution is 2.36. The third-order valence-electron chi connectivity index (χ3n) is 5.21. The largest absolute Gasteiger partial charge is 0.352 e. The van der Waals surface area contributed by atoms with Gasteiger partial charge in [-0.2, -0.15) is 5.10 Å². The number of H-pyrrole nitrogens is 2. The maximum atomic E-state index is 4.57. The van der Waals surface area contributed by atoms with Crippen LogP contribution in [0.2, 0.25) is 0 Å². The first-order valence-corrected chi connectivity index (χ1v) is 10.4. The molecule has 6 aromatic rings. The third kappa shape index (κ3) is 2.71. The van der Waals surface area contributed by atoms with Gasteiger partial charge in [-0.05, 0) is 43.3 Å². The number of aryl methyl sites for hydroxylation is 1. The van der Waals surface area contributed by atoms with E-state index in [0.717, 1.165) is 50.0 Å². The van der Waals surface area contributed by atoms with Gasteiger partial charge < -0.3 is 4.98 Å². The van der Waals surface area contributed by atoms with Gasteiger partial charge in [0.05, 0.1) is 34.8 Å². The summed E-state index contributed by atoms with van der Waals surface area (Å²) in [6, 6.07) is 12.4. The SMILES string of the molecule is Cc1ccc(-c2cncc3[nH]c(-c4n[nH]c5cnc(-c6cccnc6)cc45)cc23)s1. The lowest BCUT2D eigenvalue weighted by Crippen LogP contribution is -1.85. The minimum atomic E-state index is 0.863. The molecule has 144 valence electrons. The van der Waals surface area contributed by atoms with E-state index < -0.39 is 0 Å². The molecule has 0 amide bonds. The number of rotatable bonds is 3. The van der Waals surface area contributed by atoms with Crippen molar-refractivity contribution in [3.8, 4) is 33.1 Å². The van der Waals surface area contributed by atoms with Crippen LogP contribution in [0.5, 0.6) is 0 Å². The van der Waals surface area contributed by atoms with Crippen molar-refractivity contribution < 1.29 is 0 Å². The molecule has 6 aromatic heterocycles. The molecule has 6 rings (SSSR count). The monoisotopic (exact) mass is 408 g/mol. The topological polar surface area (TPSA) is 83.1 Å². The molecule has 6 heterocycles. The minimum Gasteiger partial charge on any atom is -0.352 e. The van der Waals surface area contributed by atoms with E-state index in [1.165, 1.54) is 9.75 Å². The average Bonchev–Trinajstić information content (AvgIpc) is 3.51. The molecule has 0 bridgehead atoms. The quantitative estimate of drug-likeness (QED) is 0.399. The van der Waals surface area contributed by atoms with Crippen LogP contribution in [0.3, 0.4) is 0 Å². The summed E-state index contributed by atoms with van der Waals surface area (Å²) in [7, 11) is 0. The minimum absolute atomic E-state index is 0.863. The smallest absolute Gasteiger partial charge is 0.116 e. The molecule has 0 aliphatic heterocycles. The molecule has 0 aliphatic rings. The van der Waals surface area contributed by atoms with Gasteiger partial charge in [-0.25, -0.2) is 0 Å². The molecule has 0 saturated carbocycles. The van der Waals surface area contributed by atoms with Crippen molar-refractivity contribution in [3.05, 3.63) is 72.3 Å². The van der Waals surface area contributed by atoms with Gasteiger partial charge in [0.2, 0.25) is 0 Å². The van der Waals surface area contributed by atoms with Crippen molar-refractivity contribution >= 4 is 33.1 Å². The van der Waals surface area contributed by atoms with Crippen LogP contribution in [0.25, 0.3) is 54.9 Å². The second-order valence-corrected chi connectivity index (χ2v) is 8.46. The van der Waals surface area contributed by atoms with Crippen LogP contribution in [0.15, 0.2) is 67.4 Å². The summed E-state index contributed by atoms with van der Waals surface area (Å²) in [6.45, 7) is 2.12. The Bertz CT molecular complexity index is 1510. The van der Waals surface area contributed by atoms with Crippen molar-refractivity contribution in [2.75, 3.05) is 0 Å². The molecule has 7 heteroatoms. The average molecular weight is 408 g/mol. The number of nitrogens with zero attached hydrogens (tertiary/aromatic N) is 4. The molecule has 30 heavy (non-hydrogen) atoms. The summed E-state index contributed by atoms with van der Waals surface area (Å²) < 4.78 is 0. The first-order valence-electron chi connectivity index (χ1n) is 9.55. The van der Waals surface area contributed by atoms with Gasteiger partial charge in [0.1, 0.15) is 5.69 Å². The predicted octanol–water partition coefficient (Wildman–Crippen LogP) is 5.60. The van der Waals surface area contributed by atoms with E-state index in [1.54, 1.807) is 17.5 Å². The standard InChI is InChI=1S/C23H16N6S/c1-13-4-5-22(30-13)17-10-25-11-20-15(17)7-19(27-20)23-16-8-18(14-3-2-6-24-9-14)26-12-21(16)28-29-23/h2-12,27H,1H3,(H,28,29). The van der Waals surface area contributed by atoms with Crippen LogP contribution in [-0.4, -0.2) is 30.1 Å². The van der Waals surface area contributed by atoms with E-state index in [4.69, 9.17) is 0 Å². The molecule has 0 fully saturated rings. The Morgan fingerprint density at radius 3 is 2.70 bits per heavy atom. The molecule has 0 unspecified atom stereocenters. The van der Waals surface area contributed by atoms with Crippen LogP contribution in [0.1, 0.15) is 4.88 Å². The number of thiophene rings is 1. The Labute approximate surface area is 175 Å². The lowest BCUT2D eigenvalue weighted by molar-refractivity contribution is 1.11. The highest BCUT2D eigenvalue weighted by atomic mass is 32.1. The van der Waals surface area contributed by atoms with Crippen LogP contribution in [-0.2, 0) is 0 Å². The number of aromatic nitrogens is 6. The summed E-state index contributed by atoms with van der Waals surface area (Å²) in [5.41, 5.74) is 6.66. The van der Waals surface area contributed by atoms with E-state index in [-0.39, 0.29) is 0 Å². The third-order valence-corrected chi connectivity index (χ3v) is 6.25. The molecule has 0 spiro atoms. The number of hydrogen-bond donors (Lipinski definition) is 2. The lowest BCUT2D eigenvalue weighted by Gasteiger charge is -2.00. The number of hydrogen-bond acceptors (Lipinski definition) is 5. The summed E-state index contributed by atoms with van der Waals surface area (Å²) in [5.74, 6) is 0. The molecular weight excluding hydrogens is 392 g/mol. The van der Waals surface area contributed by atoms with Gasteiger partial charge in [0.15, 0.2) is 0 Å². The predicted molar refractivity (Wildman–Crippen MR) is 120 cm³/mol. The summed E-state index contributed by atoms with van der Waals surface area (Å²) >= 11 is 1.77. The first kappa shape index (κ1) is 17.1. The fourth-order valence-corrected chi connectivity index (χ4v) is 4.64. The molecule has 0 aromatic carbocycles. The van der Waals surface area contributed by atoms with Crippen molar-refractivity contribution in [1.29, 1.82) is 0 Å². The molecule has 0 atom stereocenters. The second kappa shape index (κ2) is 6.60. The first-order chi connectivity index (χ1) is 14.8. The molecule has 0 saturated heterocycles. The van der Waals surface area contributed by atoms with Gasteiger partial charge in [-0.15, -0.1) is 11.3 Å². The number of fused-ring (bicyclic) bond motifs is 2. The Morgan fingerprint density at radius 2 is 1.87 bits per heavy atom. The molecule has 2 N–H and O–H groups in total. The van der Waals surface area contributed by atoms with Crippen LogP contribution >= 0.6 is 11.3 Å². The van der Waals surface area contributed by atoms with E-state index in [0.29, 0.717) is 0 Å². The number of pyridine rings is 3. The molecule has 6 nitrogen and oxygen atoms in total. The van der Waals surface area contributed by atoms with E-state index in [9.17, 15) is 0 Å². The Kier molecular flexibility index (Phi) is 3.75. The van der Waals surface area contributed by atoms with Gasteiger partial charge in [0, 0.05) is 50.2 Å². The van der Waals surface area contributed by atoms with Crippen molar-refractivity contribution in [1.82, 2.24) is 30.1 Å². The summed E-state index contributed by atoms with van der Waals surface area (Å²) in [6.07, 6.45) is 9.19. The molecule has 0 aliphatic carbocycles. The maximum Gasteiger partial charge on any atom is 0.116 e. The molecular formula is C23H16N6S. The van der Waals surface area contributed by atoms with E-state index in [1.807, 2.05) is 36.9 Å². The fourth-order valence-electron chi connectivity index (χ4n) is 3.75. The zero-order chi connectivity index (χ0) is 20.1. The summed E-state index contributed by atoms with van der Waals surface area (Å²) in [5, 5.41) is 9.82. The van der Waals surface area contributed by atoms with E-state index in [2.05, 4.69) is 61.3 Å². The number of aromatic amines is 2. The van der Waals surface area contributed by atoms with Crippen LogP contribution in [0, 0.1) is 6.92 Å². The van der Waals surface area contributed by atoms with Crippen molar-refractivity contribution in [3.63, 3.8) is 0 Å². The normalized spacial score (nSPS) is 11.5.